The molecule has 0 bridgehead atoms. The number of aryl methyl sites for hydroxylation is 1. The summed E-state index contributed by atoms with van der Waals surface area (Å²) in [5.74, 6) is -1.44. The predicted molar refractivity (Wildman–Crippen MR) is 137 cm³/mol. The second-order valence-corrected chi connectivity index (χ2v) is 10.1. The smallest absolute Gasteiger partial charge is 0.243 e. The van der Waals surface area contributed by atoms with Crippen molar-refractivity contribution in [2.45, 2.75) is 30.3 Å². The Labute approximate surface area is 209 Å². The molecule has 1 heterocycles. The number of carbonyl (C=O) groups excluding carboxylic acids is 2. The summed E-state index contributed by atoms with van der Waals surface area (Å²) in [6.45, 7) is 1.90. The Morgan fingerprint density at radius 3 is 2.19 bits per heavy atom. The molecule has 4 rings (SSSR count). The minimum absolute atomic E-state index is 0.0475. The first kappa shape index (κ1) is 25.0. The SMILES string of the molecule is Cc1ccc(S(=O)(=O)N[C@H](C(=O)NC(Cc2ccccc2)C(N)=O)c2ccncc2)c2ccccc12. The number of hydrogen-bond acceptors (Lipinski definition) is 5. The van der Waals surface area contributed by atoms with Crippen molar-refractivity contribution in [3.05, 3.63) is 108 Å². The molecule has 36 heavy (non-hydrogen) atoms. The molecule has 9 heteroatoms. The number of fused-ring (bicyclic) bond motifs is 1. The molecule has 0 aliphatic heterocycles. The Balaban J connectivity index is 1.67. The van der Waals surface area contributed by atoms with Gasteiger partial charge in [0.15, 0.2) is 0 Å². The van der Waals surface area contributed by atoms with Crippen molar-refractivity contribution in [3.8, 4) is 0 Å². The molecule has 8 nitrogen and oxygen atoms in total. The molecule has 0 fully saturated rings. The molecule has 0 aliphatic rings. The van der Waals surface area contributed by atoms with Gasteiger partial charge < -0.3 is 11.1 Å². The fourth-order valence-electron chi connectivity index (χ4n) is 4.03. The molecular formula is C27H26N4O4S. The number of pyridine rings is 1. The minimum atomic E-state index is -4.16. The lowest BCUT2D eigenvalue weighted by Gasteiger charge is -2.23. The number of carbonyl (C=O) groups is 2. The van der Waals surface area contributed by atoms with Crippen molar-refractivity contribution < 1.29 is 18.0 Å². The van der Waals surface area contributed by atoms with E-state index in [4.69, 9.17) is 5.73 Å². The van der Waals surface area contributed by atoms with Gasteiger partial charge in [-0.05, 0) is 47.2 Å². The van der Waals surface area contributed by atoms with E-state index < -0.39 is 33.9 Å². The quantitative estimate of drug-likeness (QED) is 0.324. The predicted octanol–water partition coefficient (Wildman–Crippen LogP) is 2.78. The number of nitrogens with one attached hydrogen (secondary N) is 2. The van der Waals surface area contributed by atoms with Crippen LogP contribution >= 0.6 is 0 Å². The second-order valence-electron chi connectivity index (χ2n) is 8.41. The van der Waals surface area contributed by atoms with Crippen molar-refractivity contribution in [3.63, 3.8) is 0 Å². The van der Waals surface area contributed by atoms with E-state index in [9.17, 15) is 18.0 Å². The standard InChI is InChI=1S/C27H26N4O4S/c1-18-11-12-24(22-10-6-5-9-21(18)22)36(34,35)31-25(20-13-15-29-16-14-20)27(33)30-23(26(28)32)17-19-7-3-2-4-8-19/h2-16,23,25,31H,17H2,1H3,(H2,28,32)(H,30,33)/t23?,25-/m0/s1. The highest BCUT2D eigenvalue weighted by Crippen LogP contribution is 2.27. The third-order valence-electron chi connectivity index (χ3n) is 5.91. The zero-order valence-corrected chi connectivity index (χ0v) is 20.4. The zero-order chi connectivity index (χ0) is 25.7. The van der Waals surface area contributed by atoms with Gasteiger partial charge in [0.05, 0.1) is 4.90 Å². The van der Waals surface area contributed by atoms with Gasteiger partial charge in [-0.15, -0.1) is 0 Å². The van der Waals surface area contributed by atoms with Gasteiger partial charge in [-0.1, -0.05) is 60.7 Å². The van der Waals surface area contributed by atoms with Crippen molar-refractivity contribution in [1.29, 1.82) is 0 Å². The maximum atomic E-state index is 13.6. The molecule has 4 N–H and O–H groups in total. The molecule has 0 radical (unpaired) electrons. The summed E-state index contributed by atoms with van der Waals surface area (Å²) in [6.07, 6.45) is 3.09. The van der Waals surface area contributed by atoms with Crippen LogP contribution in [0.25, 0.3) is 10.8 Å². The lowest BCUT2D eigenvalue weighted by molar-refractivity contribution is -0.128. The molecule has 2 amide bonds. The van der Waals surface area contributed by atoms with Gasteiger partial charge in [0, 0.05) is 24.2 Å². The van der Waals surface area contributed by atoms with Gasteiger partial charge in [0.2, 0.25) is 21.8 Å². The highest BCUT2D eigenvalue weighted by atomic mass is 32.2. The fraction of sp³-hybridized carbons (Fsp3) is 0.148. The van der Waals surface area contributed by atoms with Crippen LogP contribution in [0.4, 0.5) is 0 Å². The minimum Gasteiger partial charge on any atom is -0.368 e. The van der Waals surface area contributed by atoms with Crippen molar-refractivity contribution in [1.82, 2.24) is 15.0 Å². The van der Waals surface area contributed by atoms with Crippen molar-refractivity contribution in [2.75, 3.05) is 0 Å². The van der Waals surface area contributed by atoms with E-state index in [0.717, 1.165) is 16.5 Å². The molecule has 0 saturated heterocycles. The summed E-state index contributed by atoms with van der Waals surface area (Å²) in [4.78, 5) is 29.6. The Kier molecular flexibility index (Phi) is 7.42. The molecule has 1 unspecified atom stereocenters. The van der Waals surface area contributed by atoms with E-state index >= 15 is 0 Å². The van der Waals surface area contributed by atoms with Crippen LogP contribution in [0.3, 0.4) is 0 Å². The van der Waals surface area contributed by atoms with Crippen molar-refractivity contribution >= 4 is 32.6 Å². The van der Waals surface area contributed by atoms with E-state index in [1.807, 2.05) is 49.4 Å². The van der Waals surface area contributed by atoms with Gasteiger partial charge in [0.25, 0.3) is 0 Å². The van der Waals surface area contributed by atoms with E-state index in [1.165, 1.54) is 30.6 Å². The second kappa shape index (κ2) is 10.7. The molecule has 4 aromatic rings. The average molecular weight is 503 g/mol. The molecule has 0 spiro atoms. The maximum absolute atomic E-state index is 13.6. The number of hydrogen-bond donors (Lipinski definition) is 3. The van der Waals surface area contributed by atoms with Crippen LogP contribution in [0.5, 0.6) is 0 Å². The van der Waals surface area contributed by atoms with Crippen LogP contribution < -0.4 is 15.8 Å². The lowest BCUT2D eigenvalue weighted by atomic mass is 10.0. The number of sulfonamides is 1. The Morgan fingerprint density at radius 1 is 0.889 bits per heavy atom. The van der Waals surface area contributed by atoms with E-state index in [2.05, 4.69) is 15.0 Å². The summed E-state index contributed by atoms with van der Waals surface area (Å²) < 4.78 is 29.6. The zero-order valence-electron chi connectivity index (χ0n) is 19.6. The van der Waals surface area contributed by atoms with E-state index in [-0.39, 0.29) is 11.3 Å². The molecule has 0 aliphatic carbocycles. The number of nitrogens with zero attached hydrogens (tertiary/aromatic N) is 1. The van der Waals surface area contributed by atoms with E-state index in [1.54, 1.807) is 18.2 Å². The third kappa shape index (κ3) is 5.59. The molecule has 184 valence electrons. The summed E-state index contributed by atoms with van der Waals surface area (Å²) in [6, 6.07) is 20.2. The van der Waals surface area contributed by atoms with Gasteiger partial charge in [-0.25, -0.2) is 8.42 Å². The Morgan fingerprint density at radius 2 is 1.53 bits per heavy atom. The summed E-state index contributed by atoms with van der Waals surface area (Å²) in [5, 5.41) is 3.96. The molecule has 2 atom stereocenters. The Hall–Kier alpha value is -4.08. The van der Waals surface area contributed by atoms with Crippen LogP contribution in [0.2, 0.25) is 0 Å². The third-order valence-corrected chi connectivity index (χ3v) is 7.39. The number of primary amides is 1. The van der Waals surface area contributed by atoms with Crippen LogP contribution in [0.1, 0.15) is 22.7 Å². The first-order valence-electron chi connectivity index (χ1n) is 11.3. The number of nitrogens with two attached hydrogens (primary N) is 1. The molecule has 0 saturated carbocycles. The van der Waals surface area contributed by atoms with Crippen LogP contribution in [-0.2, 0) is 26.0 Å². The number of aromatic nitrogens is 1. The summed E-state index contributed by atoms with van der Waals surface area (Å²) in [7, 11) is -4.16. The van der Waals surface area contributed by atoms with E-state index in [0.29, 0.717) is 10.9 Å². The molecule has 1 aromatic heterocycles. The number of benzene rings is 3. The molecular weight excluding hydrogens is 476 g/mol. The first-order chi connectivity index (χ1) is 17.3. The highest BCUT2D eigenvalue weighted by molar-refractivity contribution is 7.89. The largest absolute Gasteiger partial charge is 0.368 e. The van der Waals surface area contributed by atoms with Crippen LogP contribution in [0.15, 0.2) is 96.2 Å². The van der Waals surface area contributed by atoms with Crippen LogP contribution in [0, 0.1) is 6.92 Å². The first-order valence-corrected chi connectivity index (χ1v) is 12.8. The molecule has 3 aromatic carbocycles. The number of rotatable bonds is 9. The van der Waals surface area contributed by atoms with Gasteiger partial charge in [-0.3, -0.25) is 14.6 Å². The Bertz CT molecular complexity index is 1490. The number of amides is 2. The fourth-order valence-corrected chi connectivity index (χ4v) is 5.43. The average Bonchev–Trinajstić information content (AvgIpc) is 2.88. The highest BCUT2D eigenvalue weighted by Gasteiger charge is 2.31. The summed E-state index contributed by atoms with van der Waals surface area (Å²) >= 11 is 0. The van der Waals surface area contributed by atoms with Crippen molar-refractivity contribution in [2.24, 2.45) is 5.73 Å². The van der Waals surface area contributed by atoms with Gasteiger partial charge in [-0.2, -0.15) is 4.72 Å². The van der Waals surface area contributed by atoms with Gasteiger partial charge >= 0.3 is 0 Å². The lowest BCUT2D eigenvalue weighted by Crippen LogP contribution is -2.50. The topological polar surface area (TPSA) is 131 Å². The van der Waals surface area contributed by atoms with Gasteiger partial charge in [0.1, 0.15) is 12.1 Å². The monoisotopic (exact) mass is 502 g/mol. The summed E-state index contributed by atoms with van der Waals surface area (Å²) in [5.41, 5.74) is 7.66. The van der Waals surface area contributed by atoms with Crippen LogP contribution in [-0.4, -0.2) is 31.3 Å². The maximum Gasteiger partial charge on any atom is 0.243 e. The normalized spacial score (nSPS) is 13.1.